The summed E-state index contributed by atoms with van der Waals surface area (Å²) in [6, 6.07) is 18.5. The van der Waals surface area contributed by atoms with E-state index in [1.54, 1.807) is 66.7 Å². The molecule has 4 rings (SSSR count). The van der Waals surface area contributed by atoms with Crippen LogP contribution in [-0.2, 0) is 0 Å². The van der Waals surface area contributed by atoms with Gasteiger partial charge in [-0.3, -0.25) is 4.79 Å². The Balaban J connectivity index is 1.29. The molecular weight excluding hydrogens is 424 g/mol. The van der Waals surface area contributed by atoms with Crippen LogP contribution in [0.1, 0.15) is 39.6 Å². The molecule has 0 saturated carbocycles. The van der Waals surface area contributed by atoms with Gasteiger partial charge in [0.25, 0.3) is 5.91 Å². The Morgan fingerprint density at radius 2 is 1.64 bits per heavy atom. The predicted molar refractivity (Wildman–Crippen MR) is 121 cm³/mol. The lowest BCUT2D eigenvalue weighted by Crippen LogP contribution is -2.17. The number of carbonyl (C=O) groups excluding carboxylic acids is 2. The van der Waals surface area contributed by atoms with Gasteiger partial charge in [0.2, 0.25) is 6.79 Å². The minimum Gasteiger partial charge on any atom is -0.494 e. The van der Waals surface area contributed by atoms with Gasteiger partial charge in [-0.2, -0.15) is 5.10 Å². The third kappa shape index (κ3) is 5.68. The number of nitrogens with zero attached hydrogens (tertiary/aromatic N) is 1. The number of ether oxygens (including phenoxy) is 4. The van der Waals surface area contributed by atoms with E-state index in [1.165, 1.54) is 6.21 Å². The molecule has 0 fully saturated rings. The molecule has 3 aromatic carbocycles. The number of nitrogens with one attached hydrogen (secondary N) is 1. The fourth-order valence-electron chi connectivity index (χ4n) is 2.96. The van der Waals surface area contributed by atoms with E-state index < -0.39 is 5.97 Å². The highest BCUT2D eigenvalue weighted by molar-refractivity contribution is 5.95. The van der Waals surface area contributed by atoms with E-state index in [1.807, 2.05) is 6.92 Å². The molecule has 0 aromatic heterocycles. The van der Waals surface area contributed by atoms with Gasteiger partial charge in [-0.15, -0.1) is 0 Å². The molecule has 0 aliphatic carbocycles. The molecular formula is C25H22N2O6. The Kier molecular flexibility index (Phi) is 6.84. The Morgan fingerprint density at radius 3 is 2.39 bits per heavy atom. The zero-order valence-corrected chi connectivity index (χ0v) is 17.9. The smallest absolute Gasteiger partial charge is 0.343 e. The van der Waals surface area contributed by atoms with Gasteiger partial charge in [-0.25, -0.2) is 10.2 Å². The standard InChI is InChI=1S/C25H22N2O6/c1-2-13-30-20-10-5-18(6-11-20)25(29)33-21-8-3-17(4-9-21)15-26-27-24(28)19-7-12-22-23(14-19)32-16-31-22/h3-12,14-15H,2,13,16H2,1H3,(H,27,28). The average Bonchev–Trinajstić information content (AvgIpc) is 3.32. The summed E-state index contributed by atoms with van der Waals surface area (Å²) in [7, 11) is 0. The van der Waals surface area contributed by atoms with Crippen LogP contribution < -0.4 is 24.4 Å². The molecule has 1 aliphatic heterocycles. The molecule has 0 bridgehead atoms. The predicted octanol–water partition coefficient (Wildman–Crippen LogP) is 4.19. The quantitative estimate of drug-likeness (QED) is 0.241. The van der Waals surface area contributed by atoms with E-state index in [9.17, 15) is 9.59 Å². The first-order valence-electron chi connectivity index (χ1n) is 10.4. The van der Waals surface area contributed by atoms with Crippen molar-refractivity contribution < 1.29 is 28.5 Å². The summed E-state index contributed by atoms with van der Waals surface area (Å²) >= 11 is 0. The summed E-state index contributed by atoms with van der Waals surface area (Å²) in [6.07, 6.45) is 2.41. The van der Waals surface area contributed by atoms with Crippen molar-refractivity contribution in [1.82, 2.24) is 5.43 Å². The lowest BCUT2D eigenvalue weighted by atomic mass is 10.2. The van der Waals surface area contributed by atoms with Crippen LogP contribution in [0.2, 0.25) is 0 Å². The van der Waals surface area contributed by atoms with Crippen LogP contribution in [0.25, 0.3) is 0 Å². The molecule has 3 aromatic rings. The Morgan fingerprint density at radius 1 is 0.939 bits per heavy atom. The van der Waals surface area contributed by atoms with Crippen molar-refractivity contribution in [3.05, 3.63) is 83.4 Å². The zero-order chi connectivity index (χ0) is 23.0. The molecule has 168 valence electrons. The highest BCUT2D eigenvalue weighted by Crippen LogP contribution is 2.32. The highest BCUT2D eigenvalue weighted by atomic mass is 16.7. The minimum absolute atomic E-state index is 0.143. The lowest BCUT2D eigenvalue weighted by molar-refractivity contribution is 0.0734. The van der Waals surface area contributed by atoms with Crippen molar-refractivity contribution in [3.8, 4) is 23.0 Å². The molecule has 8 heteroatoms. The van der Waals surface area contributed by atoms with Crippen LogP contribution in [0.4, 0.5) is 0 Å². The van der Waals surface area contributed by atoms with E-state index in [2.05, 4.69) is 10.5 Å². The van der Waals surface area contributed by atoms with Crippen molar-refractivity contribution in [3.63, 3.8) is 0 Å². The molecule has 0 radical (unpaired) electrons. The van der Waals surface area contributed by atoms with Crippen molar-refractivity contribution >= 4 is 18.1 Å². The summed E-state index contributed by atoms with van der Waals surface area (Å²) in [4.78, 5) is 24.6. The molecule has 0 atom stereocenters. The van der Waals surface area contributed by atoms with Crippen molar-refractivity contribution in [2.75, 3.05) is 13.4 Å². The van der Waals surface area contributed by atoms with Gasteiger partial charge >= 0.3 is 5.97 Å². The fourth-order valence-corrected chi connectivity index (χ4v) is 2.96. The van der Waals surface area contributed by atoms with Crippen LogP contribution >= 0.6 is 0 Å². The van der Waals surface area contributed by atoms with Gasteiger partial charge in [0.05, 0.1) is 18.4 Å². The normalized spacial score (nSPS) is 11.9. The molecule has 1 heterocycles. The highest BCUT2D eigenvalue weighted by Gasteiger charge is 2.16. The second-order valence-electron chi connectivity index (χ2n) is 7.10. The SMILES string of the molecule is CCCOc1ccc(C(=O)Oc2ccc(C=NNC(=O)c3ccc4c(c3)OCO4)cc2)cc1. The van der Waals surface area contributed by atoms with Crippen LogP contribution in [0.5, 0.6) is 23.0 Å². The van der Waals surface area contributed by atoms with Crippen molar-refractivity contribution in [1.29, 1.82) is 0 Å². The number of hydrogen-bond acceptors (Lipinski definition) is 7. The number of hydrazone groups is 1. The van der Waals surface area contributed by atoms with Gasteiger partial charge in [0.15, 0.2) is 11.5 Å². The summed E-state index contributed by atoms with van der Waals surface area (Å²) in [5.41, 5.74) is 4.02. The average molecular weight is 446 g/mol. The maximum Gasteiger partial charge on any atom is 0.343 e. The molecule has 8 nitrogen and oxygen atoms in total. The maximum atomic E-state index is 12.3. The number of rotatable bonds is 8. The van der Waals surface area contributed by atoms with E-state index in [-0.39, 0.29) is 12.7 Å². The number of hydrogen-bond donors (Lipinski definition) is 1. The molecule has 1 N–H and O–H groups in total. The first kappa shape index (κ1) is 21.9. The summed E-state index contributed by atoms with van der Waals surface area (Å²) in [5.74, 6) is 1.40. The van der Waals surface area contributed by atoms with Gasteiger partial charge in [0.1, 0.15) is 11.5 Å². The number of carbonyl (C=O) groups is 2. The van der Waals surface area contributed by atoms with Gasteiger partial charge in [0, 0.05) is 5.56 Å². The minimum atomic E-state index is -0.463. The Bertz CT molecular complexity index is 1160. The van der Waals surface area contributed by atoms with Crippen LogP contribution in [0, 0.1) is 0 Å². The Hall–Kier alpha value is -4.33. The number of fused-ring (bicyclic) bond motifs is 1. The lowest BCUT2D eigenvalue weighted by Gasteiger charge is -2.07. The van der Waals surface area contributed by atoms with Gasteiger partial charge < -0.3 is 18.9 Å². The van der Waals surface area contributed by atoms with Crippen molar-refractivity contribution in [2.24, 2.45) is 5.10 Å². The van der Waals surface area contributed by atoms with Crippen LogP contribution in [-0.4, -0.2) is 31.5 Å². The topological polar surface area (TPSA) is 95.5 Å². The fraction of sp³-hybridized carbons (Fsp3) is 0.160. The molecule has 0 unspecified atom stereocenters. The molecule has 0 spiro atoms. The molecule has 1 aliphatic rings. The second-order valence-corrected chi connectivity index (χ2v) is 7.10. The maximum absolute atomic E-state index is 12.3. The molecule has 33 heavy (non-hydrogen) atoms. The van der Waals surface area contributed by atoms with E-state index in [4.69, 9.17) is 18.9 Å². The summed E-state index contributed by atoms with van der Waals surface area (Å²) in [6.45, 7) is 2.80. The second kappa shape index (κ2) is 10.3. The number of esters is 1. The first-order valence-corrected chi connectivity index (χ1v) is 10.4. The number of amides is 1. The Labute approximate surface area is 190 Å². The van der Waals surface area contributed by atoms with Crippen LogP contribution in [0.15, 0.2) is 71.8 Å². The third-order valence-electron chi connectivity index (χ3n) is 4.67. The van der Waals surface area contributed by atoms with Crippen molar-refractivity contribution in [2.45, 2.75) is 13.3 Å². The van der Waals surface area contributed by atoms with E-state index in [0.29, 0.717) is 40.7 Å². The third-order valence-corrected chi connectivity index (χ3v) is 4.67. The summed E-state index contributed by atoms with van der Waals surface area (Å²) in [5, 5.41) is 3.96. The molecule has 1 amide bonds. The summed E-state index contributed by atoms with van der Waals surface area (Å²) < 4.78 is 21.4. The van der Waals surface area contributed by atoms with E-state index >= 15 is 0 Å². The van der Waals surface area contributed by atoms with Gasteiger partial charge in [-0.05, 0) is 78.7 Å². The van der Waals surface area contributed by atoms with Gasteiger partial charge in [-0.1, -0.05) is 6.92 Å². The largest absolute Gasteiger partial charge is 0.494 e. The van der Waals surface area contributed by atoms with E-state index in [0.717, 1.165) is 12.0 Å². The molecule has 0 saturated heterocycles. The monoisotopic (exact) mass is 446 g/mol. The number of benzene rings is 3. The first-order chi connectivity index (χ1) is 16.1. The zero-order valence-electron chi connectivity index (χ0n) is 17.9. The van der Waals surface area contributed by atoms with Crippen LogP contribution in [0.3, 0.4) is 0 Å².